The molecule has 11 heteroatoms. The molecule has 1 aromatic heterocycles. The molecule has 0 unspecified atom stereocenters. The van der Waals surface area contributed by atoms with E-state index in [1.807, 2.05) is 0 Å². The number of ether oxygens (including phenoxy) is 3. The average Bonchev–Trinajstić information content (AvgIpc) is 3.19. The van der Waals surface area contributed by atoms with Crippen molar-refractivity contribution in [2.75, 3.05) is 37.0 Å². The van der Waals surface area contributed by atoms with E-state index in [1.54, 1.807) is 24.3 Å². The number of rotatable bonds is 7. The molecule has 3 amide bonds. The number of anilines is 2. The molecular weight excluding hydrogens is 400 g/mol. The SMILES string of the molecule is C=CCNc1nc(C(=O)OCC(=O)NC(=O)Nc2ccc3c(c2)OCCO3)cs1. The first kappa shape index (κ1) is 20.1. The maximum Gasteiger partial charge on any atom is 0.358 e. The van der Waals surface area contributed by atoms with Crippen molar-refractivity contribution in [3.05, 3.63) is 41.9 Å². The van der Waals surface area contributed by atoms with Crippen LogP contribution in [-0.2, 0) is 9.53 Å². The van der Waals surface area contributed by atoms with Gasteiger partial charge in [-0.3, -0.25) is 10.1 Å². The number of esters is 1. The molecular formula is C18H18N4O6S. The van der Waals surface area contributed by atoms with Crippen LogP contribution in [0.2, 0.25) is 0 Å². The minimum absolute atomic E-state index is 0.0649. The Kier molecular flexibility index (Phi) is 6.63. The van der Waals surface area contributed by atoms with Gasteiger partial charge in [0, 0.05) is 23.7 Å². The van der Waals surface area contributed by atoms with Crippen molar-refractivity contribution in [3.63, 3.8) is 0 Å². The first-order valence-corrected chi connectivity index (χ1v) is 9.41. The van der Waals surface area contributed by atoms with Gasteiger partial charge >= 0.3 is 12.0 Å². The smallest absolute Gasteiger partial charge is 0.358 e. The first-order chi connectivity index (χ1) is 14.0. The average molecular weight is 418 g/mol. The highest BCUT2D eigenvalue weighted by atomic mass is 32.1. The molecule has 0 bridgehead atoms. The molecule has 29 heavy (non-hydrogen) atoms. The van der Waals surface area contributed by atoms with Crippen LogP contribution >= 0.6 is 11.3 Å². The number of amides is 3. The maximum atomic E-state index is 11.9. The number of thiazole rings is 1. The Hall–Kier alpha value is -3.60. The Morgan fingerprint density at radius 2 is 2.03 bits per heavy atom. The van der Waals surface area contributed by atoms with Gasteiger partial charge in [0.05, 0.1) is 0 Å². The molecule has 0 radical (unpaired) electrons. The van der Waals surface area contributed by atoms with E-state index in [1.165, 1.54) is 16.7 Å². The van der Waals surface area contributed by atoms with E-state index in [0.717, 1.165) is 0 Å². The van der Waals surface area contributed by atoms with Crippen LogP contribution < -0.4 is 25.4 Å². The third-order valence-electron chi connectivity index (χ3n) is 3.50. The lowest BCUT2D eigenvalue weighted by atomic mass is 10.2. The highest BCUT2D eigenvalue weighted by molar-refractivity contribution is 7.13. The van der Waals surface area contributed by atoms with Gasteiger partial charge in [0.25, 0.3) is 5.91 Å². The molecule has 0 aliphatic carbocycles. The third-order valence-corrected chi connectivity index (χ3v) is 4.30. The van der Waals surface area contributed by atoms with Crippen molar-refractivity contribution < 1.29 is 28.6 Å². The number of benzene rings is 1. The molecule has 10 nitrogen and oxygen atoms in total. The van der Waals surface area contributed by atoms with E-state index >= 15 is 0 Å². The predicted octanol–water partition coefficient (Wildman–Crippen LogP) is 2.02. The van der Waals surface area contributed by atoms with Crippen LogP contribution in [0.15, 0.2) is 36.2 Å². The lowest BCUT2D eigenvalue weighted by Gasteiger charge is -2.19. The summed E-state index contributed by atoms with van der Waals surface area (Å²) in [7, 11) is 0. The quantitative estimate of drug-likeness (QED) is 0.460. The van der Waals surface area contributed by atoms with Gasteiger partial charge in [-0.15, -0.1) is 17.9 Å². The van der Waals surface area contributed by atoms with Crippen LogP contribution in [0.1, 0.15) is 10.5 Å². The molecule has 0 atom stereocenters. The normalized spacial score (nSPS) is 11.9. The summed E-state index contributed by atoms with van der Waals surface area (Å²) in [6.07, 6.45) is 1.65. The fraction of sp³-hybridized carbons (Fsp3) is 0.222. The zero-order chi connectivity index (χ0) is 20.6. The standard InChI is InChI=1S/C18H18N4O6S/c1-2-5-19-18-21-12(10-29-18)16(24)28-9-15(23)22-17(25)20-11-3-4-13-14(8-11)27-7-6-26-13/h2-4,8,10H,1,5-7,9H2,(H,19,21)(H2,20,22,23,25). The lowest BCUT2D eigenvalue weighted by Crippen LogP contribution is -2.37. The summed E-state index contributed by atoms with van der Waals surface area (Å²) in [6, 6.07) is 4.07. The summed E-state index contributed by atoms with van der Waals surface area (Å²) >= 11 is 1.22. The number of hydrogen-bond donors (Lipinski definition) is 3. The second-order valence-electron chi connectivity index (χ2n) is 5.64. The summed E-state index contributed by atoms with van der Waals surface area (Å²) in [5, 5.41) is 9.52. The fourth-order valence-corrected chi connectivity index (χ4v) is 2.95. The van der Waals surface area contributed by atoms with E-state index in [9.17, 15) is 14.4 Å². The van der Waals surface area contributed by atoms with E-state index in [4.69, 9.17) is 14.2 Å². The molecule has 3 rings (SSSR count). The van der Waals surface area contributed by atoms with Crippen LogP contribution in [0.3, 0.4) is 0 Å². The number of carbonyl (C=O) groups is 3. The Bertz CT molecular complexity index is 929. The largest absolute Gasteiger partial charge is 0.486 e. The summed E-state index contributed by atoms with van der Waals surface area (Å²) in [5.74, 6) is -0.474. The molecule has 0 saturated carbocycles. The van der Waals surface area contributed by atoms with Gasteiger partial charge in [0.1, 0.15) is 13.2 Å². The molecule has 2 aromatic rings. The number of hydrogen-bond acceptors (Lipinski definition) is 9. The number of carbonyl (C=O) groups excluding carboxylic acids is 3. The third kappa shape index (κ3) is 5.69. The van der Waals surface area contributed by atoms with E-state index < -0.39 is 24.5 Å². The van der Waals surface area contributed by atoms with Crippen LogP contribution in [0, 0.1) is 0 Å². The molecule has 1 aliphatic heterocycles. The zero-order valence-electron chi connectivity index (χ0n) is 15.2. The molecule has 1 aliphatic rings. The highest BCUT2D eigenvalue weighted by Gasteiger charge is 2.16. The number of fused-ring (bicyclic) bond motifs is 1. The van der Waals surface area contributed by atoms with Gasteiger partial charge in [-0.05, 0) is 12.1 Å². The summed E-state index contributed by atoms with van der Waals surface area (Å²) < 4.78 is 15.7. The predicted molar refractivity (Wildman–Crippen MR) is 106 cm³/mol. The Morgan fingerprint density at radius 3 is 2.83 bits per heavy atom. The van der Waals surface area contributed by atoms with Crippen molar-refractivity contribution in [3.8, 4) is 11.5 Å². The van der Waals surface area contributed by atoms with Gasteiger partial charge in [-0.2, -0.15) is 0 Å². The Balaban J connectivity index is 1.44. The Morgan fingerprint density at radius 1 is 1.24 bits per heavy atom. The second-order valence-corrected chi connectivity index (χ2v) is 6.50. The summed E-state index contributed by atoms with van der Waals surface area (Å²) in [4.78, 5) is 39.7. The van der Waals surface area contributed by atoms with Crippen LogP contribution in [-0.4, -0.2) is 49.3 Å². The lowest BCUT2D eigenvalue weighted by molar-refractivity contribution is -0.123. The monoisotopic (exact) mass is 418 g/mol. The minimum atomic E-state index is -0.784. The number of aromatic nitrogens is 1. The number of imide groups is 1. The molecule has 2 heterocycles. The van der Waals surface area contributed by atoms with Crippen molar-refractivity contribution in [2.45, 2.75) is 0 Å². The zero-order valence-corrected chi connectivity index (χ0v) is 16.0. The van der Waals surface area contributed by atoms with Crippen molar-refractivity contribution >= 4 is 40.1 Å². The first-order valence-electron chi connectivity index (χ1n) is 8.53. The molecule has 3 N–H and O–H groups in total. The number of nitrogens with one attached hydrogen (secondary N) is 3. The van der Waals surface area contributed by atoms with Gasteiger partial charge in [-0.25, -0.2) is 14.6 Å². The van der Waals surface area contributed by atoms with Crippen LogP contribution in [0.4, 0.5) is 15.6 Å². The van der Waals surface area contributed by atoms with Crippen LogP contribution in [0.5, 0.6) is 11.5 Å². The summed E-state index contributed by atoms with van der Waals surface area (Å²) in [6.45, 7) is 4.32. The van der Waals surface area contributed by atoms with Gasteiger partial charge in [0.2, 0.25) is 0 Å². The molecule has 0 spiro atoms. The van der Waals surface area contributed by atoms with E-state index in [2.05, 4.69) is 27.5 Å². The van der Waals surface area contributed by atoms with E-state index in [-0.39, 0.29) is 5.69 Å². The second kappa shape index (κ2) is 9.55. The van der Waals surface area contributed by atoms with Gasteiger partial charge < -0.3 is 24.8 Å². The Labute approximate surface area is 169 Å². The van der Waals surface area contributed by atoms with E-state index in [0.29, 0.717) is 42.1 Å². The van der Waals surface area contributed by atoms with Crippen molar-refractivity contribution in [2.24, 2.45) is 0 Å². The van der Waals surface area contributed by atoms with Crippen molar-refractivity contribution in [1.82, 2.24) is 10.3 Å². The molecule has 0 saturated heterocycles. The minimum Gasteiger partial charge on any atom is -0.486 e. The van der Waals surface area contributed by atoms with Crippen LogP contribution in [0.25, 0.3) is 0 Å². The number of nitrogens with zero attached hydrogens (tertiary/aromatic N) is 1. The maximum absolute atomic E-state index is 11.9. The highest BCUT2D eigenvalue weighted by Crippen LogP contribution is 2.32. The van der Waals surface area contributed by atoms with Gasteiger partial charge in [0.15, 0.2) is 28.9 Å². The summed E-state index contributed by atoms with van der Waals surface area (Å²) in [5.41, 5.74) is 0.480. The molecule has 152 valence electrons. The number of urea groups is 1. The fourth-order valence-electron chi connectivity index (χ4n) is 2.26. The molecule has 1 aromatic carbocycles. The van der Waals surface area contributed by atoms with Gasteiger partial charge in [-0.1, -0.05) is 6.08 Å². The van der Waals surface area contributed by atoms with Crippen molar-refractivity contribution in [1.29, 1.82) is 0 Å². The topological polar surface area (TPSA) is 128 Å². The molecule has 0 fully saturated rings.